The molecule has 0 amide bonds. The normalized spacial score (nSPS) is 10.1. The summed E-state index contributed by atoms with van der Waals surface area (Å²) in [6, 6.07) is 1.68. The number of imidazole rings is 1. The van der Waals surface area contributed by atoms with E-state index in [1.807, 2.05) is 0 Å². The van der Waals surface area contributed by atoms with Crippen molar-refractivity contribution in [2.75, 3.05) is 6.61 Å². The third-order valence-corrected chi connectivity index (χ3v) is 1.87. The Balaban J connectivity index is 2.30. The summed E-state index contributed by atoms with van der Waals surface area (Å²) in [5.41, 5.74) is 0. The topological polar surface area (TPSA) is 69.9 Å². The van der Waals surface area contributed by atoms with Crippen molar-refractivity contribution in [3.05, 3.63) is 36.8 Å². The van der Waals surface area contributed by atoms with Gasteiger partial charge >= 0.3 is 5.97 Å². The minimum absolute atomic E-state index is 0.0491. The van der Waals surface area contributed by atoms with E-state index in [9.17, 15) is 4.79 Å². The lowest BCUT2D eigenvalue weighted by molar-refractivity contribution is 0.0512. The van der Waals surface area contributed by atoms with Gasteiger partial charge in [-0.2, -0.15) is 0 Å². The van der Waals surface area contributed by atoms with Crippen molar-refractivity contribution in [1.29, 1.82) is 0 Å². The van der Waals surface area contributed by atoms with Crippen LogP contribution in [0.25, 0.3) is 5.82 Å². The third-order valence-electron chi connectivity index (χ3n) is 1.87. The molecule has 6 nitrogen and oxygen atoms in total. The van der Waals surface area contributed by atoms with Gasteiger partial charge in [0, 0.05) is 18.6 Å². The molecule has 0 radical (unpaired) electrons. The monoisotopic (exact) mass is 218 g/mol. The van der Waals surface area contributed by atoms with Crippen molar-refractivity contribution < 1.29 is 9.53 Å². The number of hydrogen-bond donors (Lipinski definition) is 0. The molecule has 2 heterocycles. The summed E-state index contributed by atoms with van der Waals surface area (Å²) in [6.45, 7) is 2.04. The molecular formula is C10H10N4O2. The van der Waals surface area contributed by atoms with Crippen LogP contribution in [0.5, 0.6) is 0 Å². The average Bonchev–Trinajstić information content (AvgIpc) is 2.83. The Bertz CT molecular complexity index is 481. The molecule has 2 rings (SSSR count). The summed E-state index contributed by atoms with van der Waals surface area (Å²) in [5, 5.41) is 0. The first-order valence-corrected chi connectivity index (χ1v) is 4.79. The first-order valence-electron chi connectivity index (χ1n) is 4.79. The van der Waals surface area contributed by atoms with E-state index >= 15 is 0 Å². The van der Waals surface area contributed by atoms with Gasteiger partial charge in [-0.3, -0.25) is 4.57 Å². The molecule has 0 aliphatic rings. The number of nitrogens with zero attached hydrogens (tertiary/aromatic N) is 4. The van der Waals surface area contributed by atoms with Gasteiger partial charge < -0.3 is 4.74 Å². The minimum Gasteiger partial charge on any atom is -0.460 e. The van der Waals surface area contributed by atoms with Crippen molar-refractivity contribution in [3.8, 4) is 5.82 Å². The lowest BCUT2D eigenvalue weighted by Gasteiger charge is -2.03. The Labute approximate surface area is 91.9 Å². The van der Waals surface area contributed by atoms with Crippen LogP contribution in [0.1, 0.15) is 17.5 Å². The zero-order chi connectivity index (χ0) is 11.4. The van der Waals surface area contributed by atoms with Crippen molar-refractivity contribution >= 4 is 5.97 Å². The van der Waals surface area contributed by atoms with E-state index in [0.717, 1.165) is 0 Å². The van der Waals surface area contributed by atoms with E-state index in [1.54, 1.807) is 36.3 Å². The van der Waals surface area contributed by atoms with Crippen molar-refractivity contribution in [2.24, 2.45) is 0 Å². The maximum absolute atomic E-state index is 11.4. The predicted molar refractivity (Wildman–Crippen MR) is 55.1 cm³/mol. The van der Waals surface area contributed by atoms with Gasteiger partial charge in [0.1, 0.15) is 12.1 Å². The summed E-state index contributed by atoms with van der Waals surface area (Å²) >= 11 is 0. The second-order valence-electron chi connectivity index (χ2n) is 2.93. The van der Waals surface area contributed by atoms with Crippen LogP contribution in [0.15, 0.2) is 31.0 Å². The highest BCUT2D eigenvalue weighted by Gasteiger charge is 2.10. The van der Waals surface area contributed by atoms with E-state index in [-0.39, 0.29) is 5.82 Å². The maximum Gasteiger partial charge on any atom is 0.376 e. The molecule has 0 atom stereocenters. The maximum atomic E-state index is 11.4. The summed E-state index contributed by atoms with van der Waals surface area (Å²) in [6.07, 6.45) is 6.47. The van der Waals surface area contributed by atoms with Crippen molar-refractivity contribution in [3.63, 3.8) is 0 Å². The third kappa shape index (κ3) is 2.05. The number of esters is 1. The smallest absolute Gasteiger partial charge is 0.376 e. The van der Waals surface area contributed by atoms with Crippen molar-refractivity contribution in [1.82, 2.24) is 19.5 Å². The molecule has 0 bridgehead atoms. The summed E-state index contributed by atoms with van der Waals surface area (Å²) in [4.78, 5) is 23.2. The van der Waals surface area contributed by atoms with Gasteiger partial charge in [-0.1, -0.05) is 0 Å². The Morgan fingerprint density at radius 3 is 3.06 bits per heavy atom. The average molecular weight is 218 g/mol. The van der Waals surface area contributed by atoms with Crippen LogP contribution in [-0.4, -0.2) is 32.1 Å². The van der Waals surface area contributed by atoms with Crippen molar-refractivity contribution in [2.45, 2.75) is 6.92 Å². The van der Waals surface area contributed by atoms with Crippen LogP contribution in [0.4, 0.5) is 0 Å². The zero-order valence-corrected chi connectivity index (χ0v) is 8.70. The lowest BCUT2D eigenvalue weighted by Crippen LogP contribution is -2.11. The van der Waals surface area contributed by atoms with Crippen LogP contribution >= 0.6 is 0 Å². The van der Waals surface area contributed by atoms with E-state index in [2.05, 4.69) is 15.0 Å². The number of carbonyl (C=O) groups excluding carboxylic acids is 1. The highest BCUT2D eigenvalue weighted by atomic mass is 16.5. The molecule has 0 aromatic carbocycles. The number of rotatable bonds is 3. The highest BCUT2D eigenvalue weighted by Crippen LogP contribution is 2.03. The molecule has 0 N–H and O–H groups in total. The van der Waals surface area contributed by atoms with Gasteiger partial charge in [0.2, 0.25) is 5.82 Å². The van der Waals surface area contributed by atoms with Crippen LogP contribution < -0.4 is 0 Å². The van der Waals surface area contributed by atoms with Gasteiger partial charge in [-0.05, 0) is 13.0 Å². The molecule has 2 aromatic rings. The molecular weight excluding hydrogens is 208 g/mol. The second kappa shape index (κ2) is 4.52. The molecule has 82 valence electrons. The van der Waals surface area contributed by atoms with Crippen LogP contribution in [0.3, 0.4) is 0 Å². The van der Waals surface area contributed by atoms with Crippen LogP contribution in [0.2, 0.25) is 0 Å². The largest absolute Gasteiger partial charge is 0.460 e. The Morgan fingerprint density at radius 2 is 2.38 bits per heavy atom. The number of ether oxygens (including phenoxy) is 1. The zero-order valence-electron chi connectivity index (χ0n) is 8.70. The fourth-order valence-corrected chi connectivity index (χ4v) is 1.18. The van der Waals surface area contributed by atoms with E-state index in [1.165, 1.54) is 6.20 Å². The van der Waals surface area contributed by atoms with Gasteiger partial charge in [0.25, 0.3) is 0 Å². The number of hydrogen-bond acceptors (Lipinski definition) is 5. The molecule has 0 aliphatic carbocycles. The standard InChI is InChI=1S/C10H10N4O2/c1-2-16-10(15)9-12-4-3-8(13-9)14-6-5-11-7-14/h3-7H,2H2,1H3. The fourth-order valence-electron chi connectivity index (χ4n) is 1.18. The molecule has 6 heteroatoms. The first kappa shape index (κ1) is 10.3. The van der Waals surface area contributed by atoms with Gasteiger partial charge in [0.05, 0.1) is 6.61 Å². The molecule has 0 saturated carbocycles. The predicted octanol–water partition coefficient (Wildman–Crippen LogP) is 0.839. The lowest BCUT2D eigenvalue weighted by atomic mass is 10.5. The quantitative estimate of drug-likeness (QED) is 0.714. The second-order valence-corrected chi connectivity index (χ2v) is 2.93. The van der Waals surface area contributed by atoms with Crippen LogP contribution in [-0.2, 0) is 4.74 Å². The van der Waals surface area contributed by atoms with Gasteiger partial charge in [-0.15, -0.1) is 0 Å². The van der Waals surface area contributed by atoms with E-state index in [4.69, 9.17) is 4.74 Å². The molecule has 2 aromatic heterocycles. The SMILES string of the molecule is CCOC(=O)c1nccc(-n2ccnc2)n1. The summed E-state index contributed by atoms with van der Waals surface area (Å²) in [7, 11) is 0. The molecule has 0 saturated heterocycles. The van der Waals surface area contributed by atoms with Gasteiger partial charge in [-0.25, -0.2) is 19.7 Å². The number of carbonyl (C=O) groups is 1. The molecule has 0 fully saturated rings. The highest BCUT2D eigenvalue weighted by molar-refractivity contribution is 5.85. The van der Waals surface area contributed by atoms with Crippen LogP contribution in [0, 0.1) is 0 Å². The Hall–Kier alpha value is -2.24. The summed E-state index contributed by atoms with van der Waals surface area (Å²) in [5.74, 6) is 0.105. The fraction of sp³-hybridized carbons (Fsp3) is 0.200. The van der Waals surface area contributed by atoms with Gasteiger partial charge in [0.15, 0.2) is 0 Å². The first-order chi connectivity index (χ1) is 7.81. The Kier molecular flexibility index (Phi) is 2.90. The van der Waals surface area contributed by atoms with E-state index < -0.39 is 5.97 Å². The molecule has 0 aliphatic heterocycles. The molecule has 16 heavy (non-hydrogen) atoms. The molecule has 0 spiro atoms. The molecule has 0 unspecified atom stereocenters. The minimum atomic E-state index is -0.524. The van der Waals surface area contributed by atoms with E-state index in [0.29, 0.717) is 12.4 Å². The summed E-state index contributed by atoms with van der Waals surface area (Å²) < 4.78 is 6.50. The number of aromatic nitrogens is 4. The Morgan fingerprint density at radius 1 is 1.50 bits per heavy atom.